The van der Waals surface area contributed by atoms with Crippen LogP contribution in [0.4, 0.5) is 5.69 Å². The van der Waals surface area contributed by atoms with E-state index in [0.717, 1.165) is 5.56 Å². The van der Waals surface area contributed by atoms with Crippen LogP contribution in [-0.2, 0) is 9.59 Å². The number of hydrogen-bond acceptors (Lipinski definition) is 4. The molecule has 8 heteroatoms. The first-order valence-electron chi connectivity index (χ1n) is 7.10. The minimum Gasteiger partial charge on any atom is -0.459 e. The first-order chi connectivity index (χ1) is 11.5. The summed E-state index contributed by atoms with van der Waals surface area (Å²) in [6, 6.07) is 8.16. The van der Waals surface area contributed by atoms with Crippen LogP contribution in [-0.4, -0.2) is 30.8 Å². The Morgan fingerprint density at radius 3 is 2.50 bits per heavy atom. The third-order valence-corrected chi connectivity index (χ3v) is 3.46. The van der Waals surface area contributed by atoms with Gasteiger partial charge in [0.05, 0.1) is 19.4 Å². The van der Waals surface area contributed by atoms with Gasteiger partial charge < -0.3 is 20.4 Å². The molecule has 0 fully saturated rings. The maximum absolute atomic E-state index is 11.8. The maximum Gasteiger partial charge on any atom is 0.287 e. The van der Waals surface area contributed by atoms with E-state index in [1.54, 1.807) is 24.3 Å². The van der Waals surface area contributed by atoms with E-state index in [4.69, 9.17) is 16.0 Å². The van der Waals surface area contributed by atoms with Gasteiger partial charge in [0.2, 0.25) is 11.8 Å². The summed E-state index contributed by atoms with van der Waals surface area (Å²) in [4.78, 5) is 35.0. The molecular weight excluding hydrogens is 334 g/mol. The van der Waals surface area contributed by atoms with Crippen LogP contribution in [0.25, 0.3) is 0 Å². The van der Waals surface area contributed by atoms with Crippen LogP contribution in [0.2, 0.25) is 5.02 Å². The average molecular weight is 350 g/mol. The Bertz CT molecular complexity index is 744. The van der Waals surface area contributed by atoms with E-state index in [0.29, 0.717) is 10.7 Å². The monoisotopic (exact) mass is 349 g/mol. The largest absolute Gasteiger partial charge is 0.459 e. The molecule has 3 N–H and O–H groups in total. The molecule has 0 aliphatic heterocycles. The minimum atomic E-state index is -0.506. The van der Waals surface area contributed by atoms with Gasteiger partial charge >= 0.3 is 0 Å². The van der Waals surface area contributed by atoms with Gasteiger partial charge in [0, 0.05) is 10.7 Å². The first kappa shape index (κ1) is 17.6. The fraction of sp³-hybridized carbons (Fsp3) is 0.188. The Morgan fingerprint density at radius 1 is 1.08 bits per heavy atom. The Hall–Kier alpha value is -2.80. The van der Waals surface area contributed by atoms with Gasteiger partial charge in [-0.15, -0.1) is 0 Å². The molecule has 2 rings (SSSR count). The van der Waals surface area contributed by atoms with Crippen molar-refractivity contribution in [2.45, 2.75) is 6.92 Å². The summed E-state index contributed by atoms with van der Waals surface area (Å²) in [6.07, 6.45) is 1.36. The van der Waals surface area contributed by atoms with Crippen molar-refractivity contribution in [3.05, 3.63) is 52.9 Å². The summed E-state index contributed by atoms with van der Waals surface area (Å²) in [5.74, 6) is -1.29. The topological polar surface area (TPSA) is 100 Å². The number of nitrogens with one attached hydrogen (secondary N) is 3. The van der Waals surface area contributed by atoms with Gasteiger partial charge in [-0.05, 0) is 36.8 Å². The average Bonchev–Trinajstić information content (AvgIpc) is 3.08. The molecule has 126 valence electrons. The number of carbonyl (C=O) groups is 3. The molecule has 1 heterocycles. The van der Waals surface area contributed by atoms with Crippen LogP contribution in [0.1, 0.15) is 16.1 Å². The van der Waals surface area contributed by atoms with Gasteiger partial charge in [0.1, 0.15) is 0 Å². The highest BCUT2D eigenvalue weighted by atomic mass is 35.5. The molecule has 0 radical (unpaired) electrons. The number of halogens is 1. The molecule has 0 aliphatic carbocycles. The molecule has 0 saturated heterocycles. The second-order valence-electron chi connectivity index (χ2n) is 4.95. The van der Waals surface area contributed by atoms with Crippen LogP contribution in [0.15, 0.2) is 41.0 Å². The third kappa shape index (κ3) is 5.13. The first-order valence-corrected chi connectivity index (χ1v) is 7.48. The quantitative estimate of drug-likeness (QED) is 0.739. The van der Waals surface area contributed by atoms with Gasteiger partial charge in [-0.2, -0.15) is 0 Å². The van der Waals surface area contributed by atoms with E-state index in [1.165, 1.54) is 12.3 Å². The molecule has 0 aliphatic rings. The molecule has 0 saturated carbocycles. The van der Waals surface area contributed by atoms with Crippen molar-refractivity contribution in [3.63, 3.8) is 0 Å². The standard InChI is InChI=1S/C16H16ClN3O4/c1-10-4-5-11(7-12(10)17)20-15(22)9-18-14(21)8-19-16(23)13-3-2-6-24-13/h2-7H,8-9H2,1H3,(H,18,21)(H,19,23)(H,20,22). The number of carbonyl (C=O) groups excluding carboxylic acids is 3. The molecule has 3 amide bonds. The van der Waals surface area contributed by atoms with E-state index in [2.05, 4.69) is 16.0 Å². The normalized spacial score (nSPS) is 10.1. The van der Waals surface area contributed by atoms with Crippen molar-refractivity contribution < 1.29 is 18.8 Å². The second-order valence-corrected chi connectivity index (χ2v) is 5.36. The summed E-state index contributed by atoms with van der Waals surface area (Å²) < 4.78 is 4.89. The van der Waals surface area contributed by atoms with Gasteiger partial charge in [-0.3, -0.25) is 14.4 Å². The van der Waals surface area contributed by atoms with Crippen molar-refractivity contribution >= 4 is 35.0 Å². The highest BCUT2D eigenvalue weighted by Crippen LogP contribution is 2.19. The Morgan fingerprint density at radius 2 is 1.83 bits per heavy atom. The zero-order valence-corrected chi connectivity index (χ0v) is 13.6. The third-order valence-electron chi connectivity index (χ3n) is 3.06. The van der Waals surface area contributed by atoms with Gasteiger partial charge in [0.15, 0.2) is 5.76 Å². The fourth-order valence-corrected chi connectivity index (χ4v) is 1.95. The minimum absolute atomic E-state index is 0.108. The molecule has 0 spiro atoms. The summed E-state index contributed by atoms with van der Waals surface area (Å²) in [5, 5.41) is 7.93. The zero-order chi connectivity index (χ0) is 17.5. The van der Waals surface area contributed by atoms with Crippen LogP contribution in [0.5, 0.6) is 0 Å². The predicted octanol–water partition coefficient (Wildman–Crippen LogP) is 1.73. The predicted molar refractivity (Wildman–Crippen MR) is 88.9 cm³/mol. The number of amides is 3. The van der Waals surface area contributed by atoms with E-state index in [-0.39, 0.29) is 18.8 Å². The fourth-order valence-electron chi connectivity index (χ4n) is 1.77. The van der Waals surface area contributed by atoms with E-state index in [9.17, 15) is 14.4 Å². The molecule has 1 aromatic carbocycles. The van der Waals surface area contributed by atoms with Crippen LogP contribution >= 0.6 is 11.6 Å². The van der Waals surface area contributed by atoms with Crippen molar-refractivity contribution in [1.82, 2.24) is 10.6 Å². The molecular formula is C16H16ClN3O4. The molecule has 24 heavy (non-hydrogen) atoms. The Balaban J connectivity index is 1.72. The molecule has 7 nitrogen and oxygen atoms in total. The van der Waals surface area contributed by atoms with Crippen molar-refractivity contribution in [3.8, 4) is 0 Å². The summed E-state index contributed by atoms with van der Waals surface area (Å²) in [7, 11) is 0. The van der Waals surface area contributed by atoms with Gasteiger partial charge in [-0.25, -0.2) is 0 Å². The van der Waals surface area contributed by atoms with Gasteiger partial charge in [0.25, 0.3) is 5.91 Å². The van der Waals surface area contributed by atoms with Crippen molar-refractivity contribution in [2.24, 2.45) is 0 Å². The molecule has 0 unspecified atom stereocenters. The SMILES string of the molecule is Cc1ccc(NC(=O)CNC(=O)CNC(=O)c2ccco2)cc1Cl. The zero-order valence-electron chi connectivity index (χ0n) is 12.9. The molecule has 0 atom stereocenters. The summed E-state index contributed by atoms with van der Waals surface area (Å²) >= 11 is 5.97. The van der Waals surface area contributed by atoms with E-state index in [1.807, 2.05) is 6.92 Å². The number of aryl methyl sites for hydroxylation is 1. The van der Waals surface area contributed by atoms with Crippen LogP contribution in [0, 0.1) is 6.92 Å². The van der Waals surface area contributed by atoms with Crippen LogP contribution in [0.3, 0.4) is 0 Å². The highest BCUT2D eigenvalue weighted by molar-refractivity contribution is 6.31. The lowest BCUT2D eigenvalue weighted by Crippen LogP contribution is -2.40. The smallest absolute Gasteiger partial charge is 0.287 e. The number of anilines is 1. The lowest BCUT2D eigenvalue weighted by molar-refractivity contribution is -0.123. The van der Waals surface area contributed by atoms with Gasteiger partial charge in [-0.1, -0.05) is 17.7 Å². The lowest BCUT2D eigenvalue weighted by Gasteiger charge is -2.08. The second kappa shape index (κ2) is 8.16. The Labute approximate surface area is 143 Å². The Kier molecular flexibility index (Phi) is 5.97. The number of rotatable bonds is 6. The number of hydrogen-bond donors (Lipinski definition) is 3. The highest BCUT2D eigenvalue weighted by Gasteiger charge is 2.11. The van der Waals surface area contributed by atoms with Crippen LogP contribution < -0.4 is 16.0 Å². The van der Waals surface area contributed by atoms with E-state index < -0.39 is 17.7 Å². The molecule has 1 aromatic heterocycles. The van der Waals surface area contributed by atoms with Crippen molar-refractivity contribution in [1.29, 1.82) is 0 Å². The van der Waals surface area contributed by atoms with Crippen molar-refractivity contribution in [2.75, 3.05) is 18.4 Å². The molecule has 0 bridgehead atoms. The lowest BCUT2D eigenvalue weighted by atomic mass is 10.2. The summed E-state index contributed by atoms with van der Waals surface area (Å²) in [5.41, 5.74) is 1.44. The number of furan rings is 1. The van der Waals surface area contributed by atoms with E-state index >= 15 is 0 Å². The summed E-state index contributed by atoms with van der Waals surface area (Å²) in [6.45, 7) is 1.37. The number of benzene rings is 1. The molecule has 2 aromatic rings. The maximum atomic E-state index is 11.8.